The molecule has 3 heterocycles. The molecule has 0 radical (unpaired) electrons. The number of benzene rings is 2. The topological polar surface area (TPSA) is 76.5 Å². The minimum atomic E-state index is -0.650. The summed E-state index contributed by atoms with van der Waals surface area (Å²) in [5.74, 6) is 0.214. The fraction of sp³-hybridized carbons (Fsp3) is 0.348. The number of fused-ring (bicyclic) bond motifs is 3. The van der Waals surface area contributed by atoms with Crippen LogP contribution in [0.1, 0.15) is 30.9 Å². The number of hydrogen-bond acceptors (Lipinski definition) is 4. The molecule has 160 valence electrons. The molecule has 31 heavy (non-hydrogen) atoms. The molecule has 2 amide bonds. The molecule has 2 atom stereocenters. The molecule has 0 saturated carbocycles. The molecule has 3 aromatic rings. The first-order valence-corrected chi connectivity index (χ1v) is 10.8. The molecule has 0 aliphatic carbocycles. The third kappa shape index (κ3) is 3.68. The van der Waals surface area contributed by atoms with Crippen LogP contribution in [0.2, 0.25) is 5.02 Å². The molecule has 2 aromatic carbocycles. The maximum absolute atomic E-state index is 13.4. The van der Waals surface area contributed by atoms with Crippen molar-refractivity contribution in [3.05, 3.63) is 53.1 Å². The Morgan fingerprint density at radius 2 is 2.13 bits per heavy atom. The molecule has 2 aliphatic heterocycles. The van der Waals surface area contributed by atoms with E-state index in [1.807, 2.05) is 41.8 Å². The molecule has 1 N–H and O–H groups in total. The summed E-state index contributed by atoms with van der Waals surface area (Å²) in [5, 5.41) is 3.45. The SMILES string of the molecule is Cc1ccc(Cl)cc1NC(=O)C[C@@H]1C(=O)N(C[C@H]2CCCO2)c2nc3ccccc3n21. The molecule has 8 heteroatoms. The number of rotatable bonds is 5. The first-order chi connectivity index (χ1) is 15.0. The van der Waals surface area contributed by atoms with Gasteiger partial charge in [-0.3, -0.25) is 19.1 Å². The van der Waals surface area contributed by atoms with Gasteiger partial charge in [-0.05, 0) is 49.6 Å². The predicted octanol–water partition coefficient (Wildman–Crippen LogP) is 4.09. The van der Waals surface area contributed by atoms with Gasteiger partial charge in [0.2, 0.25) is 11.9 Å². The van der Waals surface area contributed by atoms with Gasteiger partial charge in [-0.2, -0.15) is 0 Å². The van der Waals surface area contributed by atoms with Crippen LogP contribution in [0.15, 0.2) is 42.5 Å². The van der Waals surface area contributed by atoms with Crippen molar-refractivity contribution in [3.63, 3.8) is 0 Å². The highest BCUT2D eigenvalue weighted by molar-refractivity contribution is 6.31. The highest BCUT2D eigenvalue weighted by Gasteiger charge is 2.42. The number of amides is 2. The highest BCUT2D eigenvalue weighted by Crippen LogP contribution is 2.37. The summed E-state index contributed by atoms with van der Waals surface area (Å²) in [6.07, 6.45) is 1.93. The van der Waals surface area contributed by atoms with Crippen LogP contribution >= 0.6 is 11.6 Å². The van der Waals surface area contributed by atoms with Crippen molar-refractivity contribution in [2.24, 2.45) is 0 Å². The Kier molecular flexibility index (Phi) is 5.16. The van der Waals surface area contributed by atoms with Gasteiger partial charge in [0.05, 0.1) is 30.1 Å². The fourth-order valence-electron chi connectivity index (χ4n) is 4.37. The van der Waals surface area contributed by atoms with E-state index < -0.39 is 6.04 Å². The lowest BCUT2D eigenvalue weighted by Gasteiger charge is -2.19. The summed E-state index contributed by atoms with van der Waals surface area (Å²) in [4.78, 5) is 32.7. The minimum absolute atomic E-state index is 0.00102. The first kappa shape index (κ1) is 20.0. The van der Waals surface area contributed by atoms with Crippen LogP contribution in [-0.4, -0.2) is 40.6 Å². The Labute approximate surface area is 184 Å². The number of nitrogens with one attached hydrogen (secondary N) is 1. The summed E-state index contributed by atoms with van der Waals surface area (Å²) in [7, 11) is 0. The Balaban J connectivity index is 1.44. The van der Waals surface area contributed by atoms with Crippen molar-refractivity contribution < 1.29 is 14.3 Å². The minimum Gasteiger partial charge on any atom is -0.376 e. The molecule has 0 spiro atoms. The number of ether oxygens (including phenoxy) is 1. The molecule has 0 unspecified atom stereocenters. The van der Waals surface area contributed by atoms with Crippen LogP contribution in [0.5, 0.6) is 0 Å². The lowest BCUT2D eigenvalue weighted by molar-refractivity contribution is -0.124. The summed E-state index contributed by atoms with van der Waals surface area (Å²) in [5.41, 5.74) is 3.20. The van der Waals surface area contributed by atoms with E-state index in [9.17, 15) is 9.59 Å². The lowest BCUT2D eigenvalue weighted by Crippen LogP contribution is -2.37. The number of anilines is 2. The zero-order chi connectivity index (χ0) is 21.5. The van der Waals surface area contributed by atoms with Crippen molar-refractivity contribution in [2.75, 3.05) is 23.4 Å². The summed E-state index contributed by atoms with van der Waals surface area (Å²) in [6.45, 7) is 3.07. The van der Waals surface area contributed by atoms with E-state index >= 15 is 0 Å². The zero-order valence-electron chi connectivity index (χ0n) is 17.2. The van der Waals surface area contributed by atoms with Gasteiger partial charge in [-0.25, -0.2) is 4.98 Å². The van der Waals surface area contributed by atoms with Gasteiger partial charge in [0.15, 0.2) is 0 Å². The monoisotopic (exact) mass is 438 g/mol. The smallest absolute Gasteiger partial charge is 0.253 e. The lowest BCUT2D eigenvalue weighted by atomic mass is 10.1. The fourth-order valence-corrected chi connectivity index (χ4v) is 4.54. The molecule has 1 saturated heterocycles. The van der Waals surface area contributed by atoms with Crippen LogP contribution in [0.25, 0.3) is 11.0 Å². The Bertz CT molecular complexity index is 1170. The van der Waals surface area contributed by atoms with Gasteiger partial charge in [0.1, 0.15) is 6.04 Å². The molecule has 1 fully saturated rings. The quantitative estimate of drug-likeness (QED) is 0.650. The van der Waals surface area contributed by atoms with Crippen molar-refractivity contribution in [2.45, 2.75) is 38.3 Å². The zero-order valence-corrected chi connectivity index (χ0v) is 17.9. The van der Waals surface area contributed by atoms with Gasteiger partial charge in [0.25, 0.3) is 5.91 Å². The number of nitrogens with zero attached hydrogens (tertiary/aromatic N) is 3. The number of carbonyl (C=O) groups excluding carboxylic acids is 2. The highest BCUT2D eigenvalue weighted by atomic mass is 35.5. The van der Waals surface area contributed by atoms with E-state index in [0.717, 1.165) is 29.4 Å². The van der Waals surface area contributed by atoms with Gasteiger partial charge < -0.3 is 10.1 Å². The van der Waals surface area contributed by atoms with E-state index in [1.165, 1.54) is 0 Å². The third-order valence-electron chi connectivity index (χ3n) is 5.94. The largest absolute Gasteiger partial charge is 0.376 e. The Hall–Kier alpha value is -2.90. The van der Waals surface area contributed by atoms with E-state index in [4.69, 9.17) is 21.3 Å². The van der Waals surface area contributed by atoms with Crippen LogP contribution in [-0.2, 0) is 14.3 Å². The molecule has 7 nitrogen and oxygen atoms in total. The number of imidazole rings is 1. The average molecular weight is 439 g/mol. The first-order valence-electron chi connectivity index (χ1n) is 10.5. The molecular weight excluding hydrogens is 416 g/mol. The van der Waals surface area contributed by atoms with Crippen LogP contribution < -0.4 is 10.2 Å². The maximum Gasteiger partial charge on any atom is 0.253 e. The summed E-state index contributed by atoms with van der Waals surface area (Å²) >= 11 is 6.08. The summed E-state index contributed by atoms with van der Waals surface area (Å²) < 4.78 is 7.64. The Morgan fingerprint density at radius 1 is 1.29 bits per heavy atom. The van der Waals surface area contributed by atoms with Crippen molar-refractivity contribution >= 4 is 46.1 Å². The summed E-state index contributed by atoms with van der Waals surface area (Å²) in [6, 6.07) is 12.4. The number of halogens is 1. The number of hydrogen-bond donors (Lipinski definition) is 1. The van der Waals surface area contributed by atoms with Crippen LogP contribution in [0.3, 0.4) is 0 Å². The van der Waals surface area contributed by atoms with Crippen LogP contribution in [0.4, 0.5) is 11.6 Å². The number of aromatic nitrogens is 2. The normalized spacial score (nSPS) is 20.5. The molecular formula is C23H23ClN4O3. The molecule has 5 rings (SSSR count). The van der Waals surface area contributed by atoms with Gasteiger partial charge in [-0.15, -0.1) is 0 Å². The molecule has 1 aromatic heterocycles. The van der Waals surface area contributed by atoms with Crippen LogP contribution in [0, 0.1) is 6.92 Å². The van der Waals surface area contributed by atoms with Gasteiger partial charge in [0, 0.05) is 17.3 Å². The molecule has 0 bridgehead atoms. The van der Waals surface area contributed by atoms with E-state index in [-0.39, 0.29) is 24.3 Å². The third-order valence-corrected chi connectivity index (χ3v) is 6.18. The van der Waals surface area contributed by atoms with Crippen molar-refractivity contribution in [3.8, 4) is 0 Å². The maximum atomic E-state index is 13.4. The van der Waals surface area contributed by atoms with E-state index in [1.54, 1.807) is 17.0 Å². The second-order valence-electron chi connectivity index (χ2n) is 8.08. The van der Waals surface area contributed by atoms with Crippen molar-refractivity contribution in [1.82, 2.24) is 9.55 Å². The average Bonchev–Trinajstić information content (AvgIpc) is 3.44. The van der Waals surface area contributed by atoms with Gasteiger partial charge in [-0.1, -0.05) is 29.8 Å². The Morgan fingerprint density at radius 3 is 2.94 bits per heavy atom. The van der Waals surface area contributed by atoms with Crippen molar-refractivity contribution in [1.29, 1.82) is 0 Å². The van der Waals surface area contributed by atoms with E-state index in [0.29, 0.717) is 29.8 Å². The standard InChI is InChI=1S/C23H23ClN4O3/c1-14-8-9-15(24)11-18(14)25-21(29)12-20-22(30)27(13-16-5-4-10-31-16)23-26-17-6-2-3-7-19(17)28(20)23/h2-3,6-9,11,16,20H,4-5,10,12-13H2,1H3,(H,25,29)/t16-,20-/m1/s1. The second-order valence-corrected chi connectivity index (χ2v) is 8.52. The second kappa shape index (κ2) is 7.98. The number of para-hydroxylation sites is 2. The molecule has 2 aliphatic rings. The number of carbonyl (C=O) groups is 2. The van der Waals surface area contributed by atoms with E-state index in [2.05, 4.69) is 5.32 Å². The van der Waals surface area contributed by atoms with Gasteiger partial charge >= 0.3 is 0 Å². The predicted molar refractivity (Wildman–Crippen MR) is 120 cm³/mol. The number of aryl methyl sites for hydroxylation is 1.